The van der Waals surface area contributed by atoms with Crippen LogP contribution in [0.15, 0.2) is 73.1 Å². The fraction of sp³-hybridized carbons (Fsp3) is 0.323. The molecule has 0 aliphatic carbocycles. The van der Waals surface area contributed by atoms with E-state index in [1.54, 1.807) is 12.4 Å². The predicted octanol–water partition coefficient (Wildman–Crippen LogP) is 4.52. The van der Waals surface area contributed by atoms with Crippen LogP contribution in [0.4, 0.5) is 11.4 Å². The average molecular weight is 526 g/mol. The van der Waals surface area contributed by atoms with Gasteiger partial charge in [-0.2, -0.15) is 5.06 Å². The maximum absolute atomic E-state index is 12.9. The molecule has 3 N–H and O–H groups in total. The van der Waals surface area contributed by atoms with Gasteiger partial charge in [0.05, 0.1) is 12.6 Å². The summed E-state index contributed by atoms with van der Waals surface area (Å²) in [6, 6.07) is 19.2. The normalized spacial score (nSPS) is 19.4. The van der Waals surface area contributed by atoms with Gasteiger partial charge < -0.3 is 16.0 Å². The summed E-state index contributed by atoms with van der Waals surface area (Å²) in [5, 5.41) is 11.0. The molecular weight excluding hydrogens is 490 g/mol. The third kappa shape index (κ3) is 7.60. The number of aromatic nitrogens is 1. The van der Waals surface area contributed by atoms with Crippen LogP contribution in [0, 0.1) is 0 Å². The van der Waals surface area contributed by atoms with Crippen LogP contribution in [0.3, 0.4) is 0 Å². The summed E-state index contributed by atoms with van der Waals surface area (Å²) < 4.78 is 0. The minimum Gasteiger partial charge on any atom is -0.325 e. The van der Waals surface area contributed by atoms with Gasteiger partial charge in [0, 0.05) is 30.3 Å². The Balaban J connectivity index is 1.08. The largest absolute Gasteiger partial charge is 0.325 e. The van der Waals surface area contributed by atoms with E-state index in [0.29, 0.717) is 6.61 Å². The molecular formula is C31H35N5O3. The Morgan fingerprint density at radius 2 is 1.51 bits per heavy atom. The Morgan fingerprint density at radius 3 is 2.13 bits per heavy atom. The van der Waals surface area contributed by atoms with Gasteiger partial charge in [0.1, 0.15) is 6.04 Å². The number of rotatable bonds is 10. The SMILES string of the molecule is O=C(Nc1ccc(/C=C/c2ccc(NC(=O)[C@@H]3CCCN3OCCc3ccncc3)cc2)cc1)[C@@H]1CCCN1. The van der Waals surface area contributed by atoms with Crippen molar-refractivity contribution in [3.63, 3.8) is 0 Å². The molecule has 1 aromatic heterocycles. The molecule has 0 unspecified atom stereocenters. The molecule has 2 atom stereocenters. The van der Waals surface area contributed by atoms with Gasteiger partial charge in [-0.15, -0.1) is 0 Å². The molecule has 0 radical (unpaired) electrons. The average Bonchev–Trinajstić information content (AvgIpc) is 3.67. The zero-order chi connectivity index (χ0) is 26.9. The number of nitrogens with zero attached hydrogens (tertiary/aromatic N) is 2. The van der Waals surface area contributed by atoms with Crippen molar-refractivity contribution in [3.05, 3.63) is 89.7 Å². The van der Waals surface area contributed by atoms with Gasteiger partial charge in [0.15, 0.2) is 0 Å². The summed E-state index contributed by atoms with van der Waals surface area (Å²) in [6.07, 6.45) is 12.0. The fourth-order valence-corrected chi connectivity index (χ4v) is 4.90. The van der Waals surface area contributed by atoms with E-state index in [0.717, 1.165) is 73.3 Å². The van der Waals surface area contributed by atoms with Crippen molar-refractivity contribution in [2.75, 3.05) is 30.3 Å². The van der Waals surface area contributed by atoms with Crippen LogP contribution in [0.2, 0.25) is 0 Å². The molecule has 2 amide bonds. The second-order valence-electron chi connectivity index (χ2n) is 9.94. The van der Waals surface area contributed by atoms with Gasteiger partial charge in [-0.05, 0) is 91.7 Å². The summed E-state index contributed by atoms with van der Waals surface area (Å²) in [5.74, 6) is -0.0206. The Bertz CT molecular complexity index is 1260. The van der Waals surface area contributed by atoms with Crippen molar-refractivity contribution in [3.8, 4) is 0 Å². The molecule has 0 saturated carbocycles. The first kappa shape index (κ1) is 26.7. The maximum Gasteiger partial charge on any atom is 0.244 e. The number of anilines is 2. The van der Waals surface area contributed by atoms with Gasteiger partial charge in [0.25, 0.3) is 0 Å². The number of carbonyl (C=O) groups excluding carboxylic acids is 2. The van der Waals surface area contributed by atoms with E-state index in [-0.39, 0.29) is 23.9 Å². The van der Waals surface area contributed by atoms with Crippen LogP contribution in [-0.2, 0) is 20.8 Å². The number of carbonyl (C=O) groups is 2. The molecule has 2 fully saturated rings. The molecule has 3 aromatic rings. The third-order valence-electron chi connectivity index (χ3n) is 7.11. The highest BCUT2D eigenvalue weighted by Gasteiger charge is 2.31. The quantitative estimate of drug-likeness (QED) is 0.337. The zero-order valence-electron chi connectivity index (χ0n) is 22.0. The van der Waals surface area contributed by atoms with E-state index >= 15 is 0 Å². The van der Waals surface area contributed by atoms with E-state index in [4.69, 9.17) is 4.84 Å². The molecule has 5 rings (SSSR count). The minimum absolute atomic E-state index is 0.0251. The third-order valence-corrected chi connectivity index (χ3v) is 7.11. The van der Waals surface area contributed by atoms with Crippen LogP contribution in [-0.4, -0.2) is 53.6 Å². The molecule has 2 aliphatic heterocycles. The van der Waals surface area contributed by atoms with E-state index < -0.39 is 0 Å². The smallest absolute Gasteiger partial charge is 0.244 e. The van der Waals surface area contributed by atoms with E-state index in [2.05, 4.69) is 20.9 Å². The number of hydrogen-bond acceptors (Lipinski definition) is 6. The topological polar surface area (TPSA) is 95.6 Å². The Kier molecular flexibility index (Phi) is 9.11. The number of nitrogens with one attached hydrogen (secondary N) is 3. The van der Waals surface area contributed by atoms with Crippen molar-refractivity contribution in [1.29, 1.82) is 0 Å². The van der Waals surface area contributed by atoms with Gasteiger partial charge in [-0.3, -0.25) is 19.4 Å². The van der Waals surface area contributed by atoms with Crippen LogP contribution in [0.5, 0.6) is 0 Å². The maximum atomic E-state index is 12.9. The predicted molar refractivity (Wildman–Crippen MR) is 154 cm³/mol. The van der Waals surface area contributed by atoms with E-state index in [1.807, 2.05) is 77.9 Å². The molecule has 3 heterocycles. The Morgan fingerprint density at radius 1 is 0.872 bits per heavy atom. The van der Waals surface area contributed by atoms with Crippen molar-refractivity contribution < 1.29 is 14.4 Å². The van der Waals surface area contributed by atoms with E-state index in [1.165, 1.54) is 0 Å². The van der Waals surface area contributed by atoms with Crippen LogP contribution >= 0.6 is 0 Å². The second kappa shape index (κ2) is 13.3. The summed E-state index contributed by atoms with van der Waals surface area (Å²) in [5.41, 5.74) is 4.79. The van der Waals surface area contributed by atoms with Crippen molar-refractivity contribution in [2.24, 2.45) is 0 Å². The van der Waals surface area contributed by atoms with Crippen LogP contribution in [0.25, 0.3) is 12.2 Å². The lowest BCUT2D eigenvalue weighted by Gasteiger charge is -2.23. The first-order valence-corrected chi connectivity index (χ1v) is 13.7. The lowest BCUT2D eigenvalue weighted by molar-refractivity contribution is -0.173. The molecule has 2 aliphatic rings. The monoisotopic (exact) mass is 525 g/mol. The van der Waals surface area contributed by atoms with Gasteiger partial charge in [-0.1, -0.05) is 36.4 Å². The summed E-state index contributed by atoms with van der Waals surface area (Å²) in [4.78, 5) is 35.2. The number of hydroxylamine groups is 2. The number of amides is 2. The second-order valence-corrected chi connectivity index (χ2v) is 9.94. The summed E-state index contributed by atoms with van der Waals surface area (Å²) >= 11 is 0. The number of hydrogen-bond donors (Lipinski definition) is 3. The van der Waals surface area contributed by atoms with Crippen molar-refractivity contribution >= 4 is 35.3 Å². The zero-order valence-corrected chi connectivity index (χ0v) is 22.0. The Hall–Kier alpha value is -3.85. The highest BCUT2D eigenvalue weighted by Crippen LogP contribution is 2.21. The van der Waals surface area contributed by atoms with Crippen molar-refractivity contribution in [2.45, 2.75) is 44.2 Å². The molecule has 8 heteroatoms. The van der Waals surface area contributed by atoms with Crippen LogP contribution < -0.4 is 16.0 Å². The lowest BCUT2D eigenvalue weighted by atomic mass is 10.1. The Labute approximate surface area is 229 Å². The molecule has 0 spiro atoms. The molecule has 39 heavy (non-hydrogen) atoms. The highest BCUT2D eigenvalue weighted by molar-refractivity contribution is 5.95. The van der Waals surface area contributed by atoms with Gasteiger partial charge in [0.2, 0.25) is 11.8 Å². The molecule has 0 bridgehead atoms. The molecule has 2 aromatic carbocycles. The standard InChI is InChI=1S/C31H35N5O3/c37-30(28-3-1-18-33-28)34-26-11-7-23(8-12-26)5-6-24-9-13-27(14-10-24)35-31(38)29-4-2-21-36(29)39-22-17-25-15-19-32-20-16-25/h5-16,19-20,28-29,33H,1-4,17-18,21-22H2,(H,34,37)(H,35,38)/b6-5+/t28-,29-/m0/s1. The number of benzene rings is 2. The van der Waals surface area contributed by atoms with Crippen LogP contribution in [0.1, 0.15) is 42.4 Å². The molecule has 2 saturated heterocycles. The van der Waals surface area contributed by atoms with Crippen molar-refractivity contribution in [1.82, 2.24) is 15.4 Å². The number of pyridine rings is 1. The van der Waals surface area contributed by atoms with Gasteiger partial charge in [-0.25, -0.2) is 0 Å². The first-order valence-electron chi connectivity index (χ1n) is 13.7. The van der Waals surface area contributed by atoms with E-state index in [9.17, 15) is 9.59 Å². The molecule has 202 valence electrons. The summed E-state index contributed by atoms with van der Waals surface area (Å²) in [6.45, 7) is 2.19. The summed E-state index contributed by atoms with van der Waals surface area (Å²) in [7, 11) is 0. The molecule has 8 nitrogen and oxygen atoms in total. The highest BCUT2D eigenvalue weighted by atomic mass is 16.7. The minimum atomic E-state index is -0.288. The first-order chi connectivity index (χ1) is 19.1. The lowest BCUT2D eigenvalue weighted by Crippen LogP contribution is -2.40. The fourth-order valence-electron chi connectivity index (χ4n) is 4.90. The van der Waals surface area contributed by atoms with Gasteiger partial charge >= 0.3 is 0 Å².